The molecule has 0 aromatic rings. The standard InChI is InChI=1S/C14H26N2O3/c1-11(2)10-12(14(18)19)15-13(17)6-9-16-7-4-3-5-8-16/h11-12H,3-10H2,1-2H3,(H,15,17)(H,18,19). The molecule has 0 aromatic heterocycles. The summed E-state index contributed by atoms with van der Waals surface area (Å²) in [5, 5.41) is 11.7. The summed E-state index contributed by atoms with van der Waals surface area (Å²) in [6.07, 6.45) is 4.55. The van der Waals surface area contributed by atoms with Crippen molar-refractivity contribution in [3.05, 3.63) is 0 Å². The Labute approximate surface area is 115 Å². The van der Waals surface area contributed by atoms with E-state index in [9.17, 15) is 9.59 Å². The van der Waals surface area contributed by atoms with Gasteiger partial charge in [0.15, 0.2) is 0 Å². The number of amides is 1. The Morgan fingerprint density at radius 1 is 1.21 bits per heavy atom. The van der Waals surface area contributed by atoms with Gasteiger partial charge in [-0.1, -0.05) is 20.3 Å². The molecule has 0 radical (unpaired) electrons. The van der Waals surface area contributed by atoms with Gasteiger partial charge < -0.3 is 15.3 Å². The van der Waals surface area contributed by atoms with E-state index in [-0.39, 0.29) is 11.8 Å². The molecule has 1 aliphatic heterocycles. The summed E-state index contributed by atoms with van der Waals surface area (Å²) in [5.41, 5.74) is 0. The van der Waals surface area contributed by atoms with Gasteiger partial charge in [-0.2, -0.15) is 0 Å². The summed E-state index contributed by atoms with van der Waals surface area (Å²) in [7, 11) is 0. The van der Waals surface area contributed by atoms with Crippen molar-refractivity contribution in [3.8, 4) is 0 Å². The van der Waals surface area contributed by atoms with Crippen molar-refractivity contribution < 1.29 is 14.7 Å². The number of carboxylic acids is 1. The molecule has 1 rings (SSSR count). The van der Waals surface area contributed by atoms with Gasteiger partial charge in [-0.15, -0.1) is 0 Å². The number of rotatable bonds is 7. The van der Waals surface area contributed by atoms with Gasteiger partial charge in [-0.25, -0.2) is 4.79 Å². The summed E-state index contributed by atoms with van der Waals surface area (Å²) in [5.74, 6) is -0.845. The van der Waals surface area contributed by atoms with E-state index in [1.54, 1.807) is 0 Å². The van der Waals surface area contributed by atoms with Crippen LogP contribution in [-0.2, 0) is 9.59 Å². The van der Waals surface area contributed by atoms with E-state index < -0.39 is 12.0 Å². The van der Waals surface area contributed by atoms with Crippen LogP contribution in [0.1, 0.15) is 46.0 Å². The van der Waals surface area contributed by atoms with Crippen LogP contribution in [0.15, 0.2) is 0 Å². The fraction of sp³-hybridized carbons (Fsp3) is 0.857. The number of carbonyl (C=O) groups excluding carboxylic acids is 1. The Morgan fingerprint density at radius 3 is 2.37 bits per heavy atom. The molecule has 5 heteroatoms. The molecule has 1 amide bonds. The zero-order chi connectivity index (χ0) is 14.3. The van der Waals surface area contributed by atoms with Gasteiger partial charge in [0.05, 0.1) is 0 Å². The van der Waals surface area contributed by atoms with Gasteiger partial charge in [-0.3, -0.25) is 4.79 Å². The summed E-state index contributed by atoms with van der Waals surface area (Å²) in [6.45, 7) is 6.76. The Hall–Kier alpha value is -1.10. The van der Waals surface area contributed by atoms with E-state index in [0.717, 1.165) is 19.6 Å². The van der Waals surface area contributed by atoms with Crippen LogP contribution in [0, 0.1) is 5.92 Å². The van der Waals surface area contributed by atoms with E-state index in [1.165, 1.54) is 19.3 Å². The average Bonchev–Trinajstić information content (AvgIpc) is 2.36. The normalized spacial score (nSPS) is 18.3. The van der Waals surface area contributed by atoms with Crippen molar-refractivity contribution in [2.24, 2.45) is 5.92 Å². The fourth-order valence-corrected chi connectivity index (χ4v) is 2.40. The van der Waals surface area contributed by atoms with Crippen molar-refractivity contribution in [1.82, 2.24) is 10.2 Å². The lowest BCUT2D eigenvalue weighted by Crippen LogP contribution is -2.43. The van der Waals surface area contributed by atoms with E-state index in [1.807, 2.05) is 13.8 Å². The molecule has 0 aromatic carbocycles. The fourth-order valence-electron chi connectivity index (χ4n) is 2.40. The minimum atomic E-state index is -0.944. The van der Waals surface area contributed by atoms with Crippen LogP contribution < -0.4 is 5.32 Å². The number of nitrogens with zero attached hydrogens (tertiary/aromatic N) is 1. The smallest absolute Gasteiger partial charge is 0.326 e. The number of hydrogen-bond donors (Lipinski definition) is 2. The topological polar surface area (TPSA) is 69.6 Å². The lowest BCUT2D eigenvalue weighted by molar-refractivity contribution is -0.142. The van der Waals surface area contributed by atoms with Crippen LogP contribution in [0.4, 0.5) is 0 Å². The number of piperidine rings is 1. The third kappa shape index (κ3) is 6.57. The number of likely N-dealkylation sites (tertiary alicyclic amines) is 1. The van der Waals surface area contributed by atoms with Gasteiger partial charge in [0.2, 0.25) is 5.91 Å². The molecule has 0 saturated carbocycles. The SMILES string of the molecule is CC(C)CC(NC(=O)CCN1CCCCC1)C(=O)O. The van der Waals surface area contributed by atoms with E-state index in [4.69, 9.17) is 5.11 Å². The summed E-state index contributed by atoms with van der Waals surface area (Å²) < 4.78 is 0. The Balaban J connectivity index is 2.29. The molecule has 5 nitrogen and oxygen atoms in total. The van der Waals surface area contributed by atoms with Crippen molar-refractivity contribution in [1.29, 1.82) is 0 Å². The van der Waals surface area contributed by atoms with Crippen LogP contribution in [0.3, 0.4) is 0 Å². The highest BCUT2D eigenvalue weighted by Crippen LogP contribution is 2.09. The van der Waals surface area contributed by atoms with Crippen molar-refractivity contribution in [2.75, 3.05) is 19.6 Å². The number of carboxylic acid groups (broad SMARTS) is 1. The number of hydrogen-bond acceptors (Lipinski definition) is 3. The molecular weight excluding hydrogens is 244 g/mol. The summed E-state index contributed by atoms with van der Waals surface area (Å²) in [6, 6.07) is -0.756. The van der Waals surface area contributed by atoms with Crippen molar-refractivity contribution >= 4 is 11.9 Å². The number of nitrogens with one attached hydrogen (secondary N) is 1. The molecule has 1 heterocycles. The molecule has 1 unspecified atom stereocenters. The van der Waals surface area contributed by atoms with E-state index >= 15 is 0 Å². The van der Waals surface area contributed by atoms with Crippen molar-refractivity contribution in [2.45, 2.75) is 52.0 Å². The molecule has 0 spiro atoms. The lowest BCUT2D eigenvalue weighted by atomic mass is 10.0. The highest BCUT2D eigenvalue weighted by molar-refractivity contribution is 5.83. The Bertz CT molecular complexity index is 299. The van der Waals surface area contributed by atoms with Gasteiger partial charge in [-0.05, 0) is 38.3 Å². The van der Waals surface area contributed by atoms with Gasteiger partial charge in [0.1, 0.15) is 6.04 Å². The second-order valence-corrected chi connectivity index (χ2v) is 5.74. The predicted molar refractivity (Wildman–Crippen MR) is 73.9 cm³/mol. The molecule has 1 aliphatic rings. The van der Waals surface area contributed by atoms with Crippen LogP contribution in [0.25, 0.3) is 0 Å². The number of aliphatic carboxylic acids is 1. The highest BCUT2D eigenvalue weighted by Gasteiger charge is 2.21. The predicted octanol–water partition coefficient (Wildman–Crippen LogP) is 1.48. The molecule has 1 atom stereocenters. The lowest BCUT2D eigenvalue weighted by Gasteiger charge is -2.26. The third-order valence-electron chi connectivity index (χ3n) is 3.44. The molecule has 0 aliphatic carbocycles. The minimum Gasteiger partial charge on any atom is -0.480 e. The molecule has 1 fully saturated rings. The molecule has 1 saturated heterocycles. The van der Waals surface area contributed by atoms with E-state index in [0.29, 0.717) is 12.8 Å². The van der Waals surface area contributed by atoms with E-state index in [2.05, 4.69) is 10.2 Å². The highest BCUT2D eigenvalue weighted by atomic mass is 16.4. The zero-order valence-corrected chi connectivity index (χ0v) is 12.0. The average molecular weight is 270 g/mol. The first-order chi connectivity index (χ1) is 8.99. The first-order valence-electron chi connectivity index (χ1n) is 7.23. The molecule has 2 N–H and O–H groups in total. The second kappa shape index (κ2) is 8.15. The van der Waals surface area contributed by atoms with Crippen molar-refractivity contribution in [3.63, 3.8) is 0 Å². The van der Waals surface area contributed by atoms with Crippen LogP contribution in [0.2, 0.25) is 0 Å². The van der Waals surface area contributed by atoms with Gasteiger partial charge >= 0.3 is 5.97 Å². The first kappa shape index (κ1) is 16.0. The molecule has 19 heavy (non-hydrogen) atoms. The largest absolute Gasteiger partial charge is 0.480 e. The Kier molecular flexibility index (Phi) is 6.84. The minimum absolute atomic E-state index is 0.154. The maximum atomic E-state index is 11.8. The summed E-state index contributed by atoms with van der Waals surface area (Å²) >= 11 is 0. The molecular formula is C14H26N2O3. The van der Waals surface area contributed by atoms with Crippen LogP contribution in [-0.4, -0.2) is 47.6 Å². The maximum Gasteiger partial charge on any atom is 0.326 e. The summed E-state index contributed by atoms with van der Waals surface area (Å²) in [4.78, 5) is 25.1. The third-order valence-corrected chi connectivity index (χ3v) is 3.44. The van der Waals surface area contributed by atoms with Gasteiger partial charge in [0.25, 0.3) is 0 Å². The molecule has 110 valence electrons. The first-order valence-corrected chi connectivity index (χ1v) is 7.23. The Morgan fingerprint density at radius 2 is 1.84 bits per heavy atom. The molecule has 0 bridgehead atoms. The zero-order valence-electron chi connectivity index (χ0n) is 12.0. The quantitative estimate of drug-likeness (QED) is 0.735. The second-order valence-electron chi connectivity index (χ2n) is 5.74. The van der Waals surface area contributed by atoms with Crippen LogP contribution >= 0.6 is 0 Å². The monoisotopic (exact) mass is 270 g/mol. The van der Waals surface area contributed by atoms with Crippen LogP contribution in [0.5, 0.6) is 0 Å². The van der Waals surface area contributed by atoms with Gasteiger partial charge in [0, 0.05) is 13.0 Å². The maximum absolute atomic E-state index is 11.8. The number of carbonyl (C=O) groups is 2.